The number of hydrogen-bond donors (Lipinski definition) is 0. The van der Waals surface area contributed by atoms with Crippen molar-refractivity contribution in [3.05, 3.63) is 0 Å². The first-order valence-corrected chi connectivity index (χ1v) is 9.35. The van der Waals surface area contributed by atoms with Crippen molar-refractivity contribution in [2.45, 2.75) is 117 Å². The predicted octanol–water partition coefficient (Wildman–Crippen LogP) is 7.51. The van der Waals surface area contributed by atoms with Gasteiger partial charge >= 0.3 is 0 Å². The van der Waals surface area contributed by atoms with Gasteiger partial charge in [-0.05, 0) is 5.92 Å². The zero-order valence-corrected chi connectivity index (χ0v) is 14.2. The molecule has 0 aliphatic rings. The summed E-state index contributed by atoms with van der Waals surface area (Å²) in [4.78, 5) is 0. The Kier molecular flexibility index (Phi) is 16.1. The minimum absolute atomic E-state index is 1.04. The third kappa shape index (κ3) is 14.2. The van der Waals surface area contributed by atoms with E-state index in [9.17, 15) is 0 Å². The van der Waals surface area contributed by atoms with E-state index in [0.717, 1.165) is 5.92 Å². The van der Waals surface area contributed by atoms with Crippen molar-refractivity contribution in [3.8, 4) is 0 Å². The Balaban J connectivity index is 3.42. The molecule has 0 aromatic rings. The molecule has 0 aliphatic carbocycles. The van der Waals surface area contributed by atoms with Gasteiger partial charge in [0.2, 0.25) is 0 Å². The summed E-state index contributed by atoms with van der Waals surface area (Å²) in [6.45, 7) is 6.96. The normalized spacial score (nSPS) is 12.8. The van der Waals surface area contributed by atoms with E-state index in [1.54, 1.807) is 0 Å². The molecule has 0 radical (unpaired) electrons. The molecule has 0 heterocycles. The quantitative estimate of drug-likeness (QED) is 0.269. The number of hydrogen-bond acceptors (Lipinski definition) is 0. The molecule has 0 aromatic carbocycles. The van der Waals surface area contributed by atoms with Crippen molar-refractivity contribution in [3.63, 3.8) is 0 Å². The highest BCUT2D eigenvalue weighted by molar-refractivity contribution is 4.60. The maximum Gasteiger partial charge on any atom is -0.0414 e. The first kappa shape index (κ1) is 19.0. The third-order valence-corrected chi connectivity index (χ3v) is 4.38. The molecule has 0 bridgehead atoms. The first-order chi connectivity index (χ1) is 9.35. The summed E-state index contributed by atoms with van der Waals surface area (Å²) >= 11 is 0. The number of unbranched alkanes of at least 4 members (excludes halogenated alkanes) is 9. The molecular formula is C19H40. The smallest absolute Gasteiger partial charge is 0.0414 e. The van der Waals surface area contributed by atoms with Crippen molar-refractivity contribution in [2.24, 2.45) is 5.92 Å². The van der Waals surface area contributed by atoms with Crippen LogP contribution in [0.25, 0.3) is 0 Å². The fraction of sp³-hybridized carbons (Fsp3) is 1.00. The molecule has 0 fully saturated rings. The molecule has 0 saturated heterocycles. The second-order valence-corrected chi connectivity index (χ2v) is 6.41. The highest BCUT2D eigenvalue weighted by Gasteiger charge is 2.07. The van der Waals surface area contributed by atoms with E-state index in [1.807, 2.05) is 0 Å². The Morgan fingerprint density at radius 3 is 1.32 bits per heavy atom. The lowest BCUT2D eigenvalue weighted by molar-refractivity contribution is 0.378. The molecule has 116 valence electrons. The molecule has 0 heteroatoms. The van der Waals surface area contributed by atoms with Gasteiger partial charge in [-0.3, -0.25) is 0 Å². The van der Waals surface area contributed by atoms with Crippen molar-refractivity contribution in [2.75, 3.05) is 0 Å². The minimum atomic E-state index is 1.04. The minimum Gasteiger partial charge on any atom is -0.0654 e. The zero-order valence-electron chi connectivity index (χ0n) is 14.2. The van der Waals surface area contributed by atoms with Gasteiger partial charge in [-0.15, -0.1) is 0 Å². The van der Waals surface area contributed by atoms with Crippen LogP contribution in [0.2, 0.25) is 0 Å². The standard InChI is InChI=1S/C19H40/c1-4-7-9-11-12-13-15-18-19(16-6-3)17-14-10-8-5-2/h19H,4-18H2,1-3H3. The summed E-state index contributed by atoms with van der Waals surface area (Å²) in [5, 5.41) is 0. The average molecular weight is 269 g/mol. The Labute approximate surface area is 123 Å². The Morgan fingerprint density at radius 2 is 0.842 bits per heavy atom. The fourth-order valence-corrected chi connectivity index (χ4v) is 3.09. The molecule has 0 amide bonds. The molecule has 0 aliphatic heterocycles. The second kappa shape index (κ2) is 16.1. The molecule has 1 unspecified atom stereocenters. The van der Waals surface area contributed by atoms with Crippen LogP contribution in [-0.2, 0) is 0 Å². The largest absolute Gasteiger partial charge is 0.0654 e. The van der Waals surface area contributed by atoms with Gasteiger partial charge < -0.3 is 0 Å². The van der Waals surface area contributed by atoms with E-state index in [1.165, 1.54) is 96.3 Å². The zero-order chi connectivity index (χ0) is 14.2. The van der Waals surface area contributed by atoms with E-state index < -0.39 is 0 Å². The lowest BCUT2D eigenvalue weighted by atomic mass is 9.91. The summed E-state index contributed by atoms with van der Waals surface area (Å²) in [5.74, 6) is 1.04. The monoisotopic (exact) mass is 268 g/mol. The van der Waals surface area contributed by atoms with Gasteiger partial charge in [-0.25, -0.2) is 0 Å². The summed E-state index contributed by atoms with van der Waals surface area (Å²) < 4.78 is 0. The molecule has 0 rings (SSSR count). The summed E-state index contributed by atoms with van der Waals surface area (Å²) in [6, 6.07) is 0. The van der Waals surface area contributed by atoms with Gasteiger partial charge in [-0.2, -0.15) is 0 Å². The predicted molar refractivity (Wildman–Crippen MR) is 89.8 cm³/mol. The third-order valence-electron chi connectivity index (χ3n) is 4.38. The molecule has 0 saturated carbocycles. The van der Waals surface area contributed by atoms with Crippen LogP contribution in [0.4, 0.5) is 0 Å². The molecule has 1 atom stereocenters. The molecule has 0 N–H and O–H groups in total. The highest BCUT2D eigenvalue weighted by Crippen LogP contribution is 2.22. The molecule has 0 nitrogen and oxygen atoms in total. The van der Waals surface area contributed by atoms with Gasteiger partial charge in [0.15, 0.2) is 0 Å². The highest BCUT2D eigenvalue weighted by atomic mass is 14.1. The summed E-state index contributed by atoms with van der Waals surface area (Å²) in [6.07, 6.45) is 21.8. The van der Waals surface area contributed by atoms with Crippen LogP contribution < -0.4 is 0 Å². The fourth-order valence-electron chi connectivity index (χ4n) is 3.09. The lowest BCUT2D eigenvalue weighted by Crippen LogP contribution is -2.00. The maximum absolute atomic E-state index is 2.35. The summed E-state index contributed by atoms with van der Waals surface area (Å²) in [5.41, 5.74) is 0. The van der Waals surface area contributed by atoms with E-state index in [-0.39, 0.29) is 0 Å². The van der Waals surface area contributed by atoms with Gasteiger partial charge in [0.05, 0.1) is 0 Å². The molecule has 19 heavy (non-hydrogen) atoms. The van der Waals surface area contributed by atoms with E-state index in [4.69, 9.17) is 0 Å². The lowest BCUT2D eigenvalue weighted by Gasteiger charge is -2.15. The van der Waals surface area contributed by atoms with Crippen LogP contribution in [0.5, 0.6) is 0 Å². The van der Waals surface area contributed by atoms with Crippen LogP contribution in [0.15, 0.2) is 0 Å². The maximum atomic E-state index is 2.35. The Morgan fingerprint density at radius 1 is 0.421 bits per heavy atom. The molecular weight excluding hydrogens is 228 g/mol. The van der Waals surface area contributed by atoms with E-state index >= 15 is 0 Å². The van der Waals surface area contributed by atoms with Crippen LogP contribution in [0.3, 0.4) is 0 Å². The number of rotatable bonds is 15. The van der Waals surface area contributed by atoms with Crippen molar-refractivity contribution in [1.29, 1.82) is 0 Å². The molecule has 0 spiro atoms. The van der Waals surface area contributed by atoms with Crippen molar-refractivity contribution >= 4 is 0 Å². The Bertz CT molecular complexity index is 150. The van der Waals surface area contributed by atoms with Crippen molar-refractivity contribution in [1.82, 2.24) is 0 Å². The van der Waals surface area contributed by atoms with Gasteiger partial charge in [0.1, 0.15) is 0 Å². The van der Waals surface area contributed by atoms with E-state index in [2.05, 4.69) is 20.8 Å². The van der Waals surface area contributed by atoms with Crippen LogP contribution >= 0.6 is 0 Å². The van der Waals surface area contributed by atoms with Gasteiger partial charge in [0.25, 0.3) is 0 Å². The van der Waals surface area contributed by atoms with Gasteiger partial charge in [-0.1, -0.05) is 117 Å². The topological polar surface area (TPSA) is 0 Å². The molecule has 0 aromatic heterocycles. The summed E-state index contributed by atoms with van der Waals surface area (Å²) in [7, 11) is 0. The van der Waals surface area contributed by atoms with Crippen LogP contribution in [0.1, 0.15) is 117 Å². The van der Waals surface area contributed by atoms with Gasteiger partial charge in [0, 0.05) is 0 Å². The first-order valence-electron chi connectivity index (χ1n) is 9.35. The van der Waals surface area contributed by atoms with Crippen LogP contribution in [-0.4, -0.2) is 0 Å². The average Bonchev–Trinajstić information content (AvgIpc) is 2.42. The Hall–Kier alpha value is 0. The SMILES string of the molecule is CCCCCCCCCC(CCC)CCCCCC. The second-order valence-electron chi connectivity index (χ2n) is 6.41. The van der Waals surface area contributed by atoms with E-state index in [0.29, 0.717) is 0 Å². The van der Waals surface area contributed by atoms with Crippen LogP contribution in [0, 0.1) is 5.92 Å². The van der Waals surface area contributed by atoms with Crippen molar-refractivity contribution < 1.29 is 0 Å².